The predicted octanol–water partition coefficient (Wildman–Crippen LogP) is 1.71. The second-order valence-corrected chi connectivity index (χ2v) is 6.04. The fourth-order valence-electron chi connectivity index (χ4n) is 3.34. The maximum absolute atomic E-state index is 12.3. The molecule has 7 nitrogen and oxygen atoms in total. The summed E-state index contributed by atoms with van der Waals surface area (Å²) in [4.78, 5) is 28.8. The van der Waals surface area contributed by atoms with Crippen LogP contribution in [0.2, 0.25) is 0 Å². The van der Waals surface area contributed by atoms with E-state index in [-0.39, 0.29) is 17.8 Å². The van der Waals surface area contributed by atoms with Crippen LogP contribution in [0.25, 0.3) is 11.0 Å². The SMILES string of the molecule is CCOC(=O)NCCN1CCC(n2c(=O)[nH]c3ccccc32)CC1. The van der Waals surface area contributed by atoms with E-state index in [0.29, 0.717) is 13.2 Å². The highest BCUT2D eigenvalue weighted by molar-refractivity contribution is 5.75. The third kappa shape index (κ3) is 3.62. The van der Waals surface area contributed by atoms with E-state index in [1.807, 2.05) is 28.8 Å². The van der Waals surface area contributed by atoms with Crippen LogP contribution in [0.15, 0.2) is 29.1 Å². The molecule has 0 unspecified atom stereocenters. The van der Waals surface area contributed by atoms with Crippen molar-refractivity contribution in [2.75, 3.05) is 32.8 Å². The number of para-hydroxylation sites is 2. The van der Waals surface area contributed by atoms with Gasteiger partial charge in [0.15, 0.2) is 0 Å². The number of hydrogen-bond donors (Lipinski definition) is 2. The van der Waals surface area contributed by atoms with E-state index in [1.165, 1.54) is 0 Å². The second kappa shape index (κ2) is 7.53. The largest absolute Gasteiger partial charge is 0.450 e. The minimum atomic E-state index is -0.363. The van der Waals surface area contributed by atoms with Gasteiger partial charge in [0.2, 0.25) is 0 Å². The highest BCUT2D eigenvalue weighted by Gasteiger charge is 2.23. The number of nitrogens with zero attached hydrogens (tertiary/aromatic N) is 2. The molecule has 0 bridgehead atoms. The van der Waals surface area contributed by atoms with Crippen LogP contribution in [0.1, 0.15) is 25.8 Å². The Morgan fingerprint density at radius 1 is 1.33 bits per heavy atom. The van der Waals surface area contributed by atoms with Crippen molar-refractivity contribution in [2.45, 2.75) is 25.8 Å². The molecule has 0 atom stereocenters. The van der Waals surface area contributed by atoms with Crippen LogP contribution < -0.4 is 11.0 Å². The van der Waals surface area contributed by atoms with E-state index >= 15 is 0 Å². The monoisotopic (exact) mass is 332 g/mol. The maximum Gasteiger partial charge on any atom is 0.407 e. The Morgan fingerprint density at radius 2 is 2.08 bits per heavy atom. The van der Waals surface area contributed by atoms with Crippen molar-refractivity contribution in [2.24, 2.45) is 0 Å². The predicted molar refractivity (Wildman–Crippen MR) is 92.3 cm³/mol. The molecule has 1 aromatic carbocycles. The van der Waals surface area contributed by atoms with E-state index < -0.39 is 0 Å². The average Bonchev–Trinajstić information content (AvgIpc) is 2.91. The number of nitrogens with one attached hydrogen (secondary N) is 2. The van der Waals surface area contributed by atoms with Crippen molar-refractivity contribution in [3.8, 4) is 0 Å². The Bertz CT molecular complexity index is 744. The molecule has 0 spiro atoms. The second-order valence-electron chi connectivity index (χ2n) is 6.04. The molecule has 130 valence electrons. The number of aromatic amines is 1. The third-order valence-corrected chi connectivity index (χ3v) is 4.52. The van der Waals surface area contributed by atoms with Crippen LogP contribution in [0, 0.1) is 0 Å². The molecule has 0 saturated carbocycles. The summed E-state index contributed by atoms with van der Waals surface area (Å²) >= 11 is 0. The summed E-state index contributed by atoms with van der Waals surface area (Å²) in [5.74, 6) is 0. The number of ether oxygens (including phenoxy) is 1. The molecular weight excluding hydrogens is 308 g/mol. The quantitative estimate of drug-likeness (QED) is 0.874. The summed E-state index contributed by atoms with van der Waals surface area (Å²) in [5.41, 5.74) is 1.84. The number of piperidine rings is 1. The van der Waals surface area contributed by atoms with Gasteiger partial charge in [-0.05, 0) is 31.9 Å². The van der Waals surface area contributed by atoms with E-state index in [0.717, 1.165) is 43.5 Å². The molecule has 1 aromatic heterocycles. The minimum absolute atomic E-state index is 0.0290. The van der Waals surface area contributed by atoms with E-state index in [4.69, 9.17) is 4.74 Å². The molecule has 24 heavy (non-hydrogen) atoms. The number of benzene rings is 1. The number of fused-ring (bicyclic) bond motifs is 1. The van der Waals surface area contributed by atoms with Crippen LogP contribution >= 0.6 is 0 Å². The molecule has 1 aliphatic heterocycles. The van der Waals surface area contributed by atoms with Crippen molar-refractivity contribution >= 4 is 17.1 Å². The van der Waals surface area contributed by atoms with Crippen molar-refractivity contribution < 1.29 is 9.53 Å². The first kappa shape index (κ1) is 16.6. The number of H-pyrrole nitrogens is 1. The average molecular weight is 332 g/mol. The molecule has 1 fully saturated rings. The molecule has 7 heteroatoms. The lowest BCUT2D eigenvalue weighted by Crippen LogP contribution is -2.41. The summed E-state index contributed by atoms with van der Waals surface area (Å²) in [6.45, 7) is 5.39. The smallest absolute Gasteiger partial charge is 0.407 e. The summed E-state index contributed by atoms with van der Waals surface area (Å²) in [6.07, 6.45) is 1.50. The Balaban J connectivity index is 1.54. The topological polar surface area (TPSA) is 79.4 Å². The highest BCUT2D eigenvalue weighted by Crippen LogP contribution is 2.24. The van der Waals surface area contributed by atoms with E-state index in [2.05, 4.69) is 15.2 Å². The first-order valence-electron chi connectivity index (χ1n) is 8.51. The third-order valence-electron chi connectivity index (χ3n) is 4.52. The first-order chi connectivity index (χ1) is 11.7. The van der Waals surface area contributed by atoms with Gasteiger partial charge in [0.05, 0.1) is 17.6 Å². The number of aromatic nitrogens is 2. The van der Waals surface area contributed by atoms with Gasteiger partial charge in [-0.15, -0.1) is 0 Å². The van der Waals surface area contributed by atoms with Crippen molar-refractivity contribution in [3.05, 3.63) is 34.7 Å². The van der Waals surface area contributed by atoms with E-state index in [1.54, 1.807) is 6.92 Å². The van der Waals surface area contributed by atoms with Gasteiger partial charge in [-0.2, -0.15) is 0 Å². The first-order valence-corrected chi connectivity index (χ1v) is 8.51. The summed E-state index contributed by atoms with van der Waals surface area (Å²) in [5, 5.41) is 2.74. The van der Waals surface area contributed by atoms with Crippen molar-refractivity contribution in [1.82, 2.24) is 19.8 Å². The van der Waals surface area contributed by atoms with Gasteiger partial charge in [-0.1, -0.05) is 12.1 Å². The summed E-state index contributed by atoms with van der Waals surface area (Å²) in [6, 6.07) is 8.04. The molecule has 2 aromatic rings. The lowest BCUT2D eigenvalue weighted by Gasteiger charge is -2.32. The van der Waals surface area contributed by atoms with Crippen LogP contribution in [0.3, 0.4) is 0 Å². The minimum Gasteiger partial charge on any atom is -0.450 e. The number of hydrogen-bond acceptors (Lipinski definition) is 4. The fraction of sp³-hybridized carbons (Fsp3) is 0.529. The number of amides is 1. The highest BCUT2D eigenvalue weighted by atomic mass is 16.5. The van der Waals surface area contributed by atoms with Crippen LogP contribution in [0.4, 0.5) is 4.79 Å². The molecule has 1 amide bonds. The van der Waals surface area contributed by atoms with Gasteiger partial charge in [-0.3, -0.25) is 4.57 Å². The van der Waals surface area contributed by atoms with Crippen LogP contribution in [-0.4, -0.2) is 53.3 Å². The molecular formula is C17H24N4O3. The van der Waals surface area contributed by atoms with Gasteiger partial charge >= 0.3 is 11.8 Å². The van der Waals surface area contributed by atoms with Crippen LogP contribution in [0.5, 0.6) is 0 Å². The number of likely N-dealkylation sites (tertiary alicyclic amines) is 1. The maximum atomic E-state index is 12.3. The Hall–Kier alpha value is -2.28. The Morgan fingerprint density at radius 3 is 2.83 bits per heavy atom. The molecule has 0 aliphatic carbocycles. The zero-order valence-electron chi connectivity index (χ0n) is 14.0. The number of carbonyl (C=O) groups is 1. The molecule has 0 radical (unpaired) electrons. The van der Waals surface area contributed by atoms with E-state index in [9.17, 15) is 9.59 Å². The normalized spacial score (nSPS) is 16.4. The number of rotatable bonds is 5. The lowest BCUT2D eigenvalue weighted by molar-refractivity contribution is 0.146. The summed E-state index contributed by atoms with van der Waals surface area (Å²) < 4.78 is 6.73. The van der Waals surface area contributed by atoms with Gasteiger partial charge in [0, 0.05) is 32.2 Å². The fourth-order valence-corrected chi connectivity index (χ4v) is 3.34. The number of alkyl carbamates (subject to hydrolysis) is 1. The van der Waals surface area contributed by atoms with Crippen LogP contribution in [-0.2, 0) is 4.74 Å². The molecule has 2 N–H and O–H groups in total. The lowest BCUT2D eigenvalue weighted by atomic mass is 10.0. The number of carbonyl (C=O) groups excluding carboxylic acids is 1. The Labute approximate surface area is 140 Å². The van der Waals surface area contributed by atoms with Gasteiger partial charge in [-0.25, -0.2) is 9.59 Å². The molecule has 2 heterocycles. The number of imidazole rings is 1. The van der Waals surface area contributed by atoms with Crippen molar-refractivity contribution in [3.63, 3.8) is 0 Å². The van der Waals surface area contributed by atoms with Gasteiger partial charge in [0.1, 0.15) is 0 Å². The zero-order chi connectivity index (χ0) is 16.9. The molecule has 3 rings (SSSR count). The standard InChI is InChI=1S/C17H24N4O3/c1-2-24-17(23)18-9-12-20-10-7-13(8-11-20)21-15-6-4-3-5-14(15)19-16(21)22/h3-6,13H,2,7-12H2,1H3,(H,18,23)(H,19,22). The zero-order valence-corrected chi connectivity index (χ0v) is 14.0. The van der Waals surface area contributed by atoms with Gasteiger partial charge in [0.25, 0.3) is 0 Å². The molecule has 1 saturated heterocycles. The Kier molecular flexibility index (Phi) is 5.20. The summed E-state index contributed by atoms with van der Waals surface area (Å²) in [7, 11) is 0. The van der Waals surface area contributed by atoms with Gasteiger partial charge < -0.3 is 19.9 Å². The molecule has 1 aliphatic rings. The van der Waals surface area contributed by atoms with Crippen molar-refractivity contribution in [1.29, 1.82) is 0 Å².